The number of carbonyl (C=O) groups excluding carboxylic acids is 2. The Kier molecular flexibility index (Phi) is 5.28. The molecule has 0 aliphatic carbocycles. The Hall–Kier alpha value is -2.39. The number of thiophene rings is 1. The average molecular weight is 391 g/mol. The molecule has 7 nitrogen and oxygen atoms in total. The van der Waals surface area contributed by atoms with Crippen LogP contribution in [0.1, 0.15) is 39.0 Å². The lowest BCUT2D eigenvalue weighted by Crippen LogP contribution is -2.15. The lowest BCUT2D eigenvalue weighted by atomic mass is 10.1. The Morgan fingerprint density at radius 2 is 2.12 bits per heavy atom. The number of ether oxygens (including phenoxy) is 1. The van der Waals surface area contributed by atoms with Gasteiger partial charge in [0.2, 0.25) is 0 Å². The van der Waals surface area contributed by atoms with Crippen LogP contribution in [-0.2, 0) is 4.74 Å². The van der Waals surface area contributed by atoms with Crippen LogP contribution in [0.4, 0.5) is 0 Å². The summed E-state index contributed by atoms with van der Waals surface area (Å²) in [6.07, 6.45) is 0. The summed E-state index contributed by atoms with van der Waals surface area (Å²) in [5.41, 5.74) is 1.97. The number of methoxy groups -OCH3 is 1. The van der Waals surface area contributed by atoms with Crippen LogP contribution in [-0.4, -0.2) is 39.3 Å². The first kappa shape index (κ1) is 18.4. The van der Waals surface area contributed by atoms with E-state index in [1.165, 1.54) is 30.2 Å². The number of esters is 1. The molecule has 0 bridgehead atoms. The van der Waals surface area contributed by atoms with Crippen LogP contribution in [0.25, 0.3) is 10.8 Å². The highest BCUT2D eigenvalue weighted by atomic mass is 32.2. The lowest BCUT2D eigenvalue weighted by Gasteiger charge is -2.07. The van der Waals surface area contributed by atoms with Gasteiger partial charge in [-0.1, -0.05) is 17.8 Å². The summed E-state index contributed by atoms with van der Waals surface area (Å²) in [5, 5.41) is 9.78. The van der Waals surface area contributed by atoms with Crippen LogP contribution in [0.3, 0.4) is 0 Å². The fourth-order valence-electron chi connectivity index (χ4n) is 2.57. The van der Waals surface area contributed by atoms with Crippen molar-refractivity contribution in [2.75, 3.05) is 7.11 Å². The monoisotopic (exact) mass is 391 g/mol. The van der Waals surface area contributed by atoms with Crippen LogP contribution in [0.15, 0.2) is 27.2 Å². The average Bonchev–Trinajstić information content (AvgIpc) is 3.34. The summed E-state index contributed by atoms with van der Waals surface area (Å²) >= 11 is 2.68. The van der Waals surface area contributed by atoms with Crippen LogP contribution >= 0.6 is 23.1 Å². The van der Waals surface area contributed by atoms with Gasteiger partial charge >= 0.3 is 5.97 Å². The Morgan fingerprint density at radius 1 is 1.35 bits per heavy atom. The number of nitrogens with one attached hydrogen (secondary N) is 1. The summed E-state index contributed by atoms with van der Waals surface area (Å²) in [6.45, 7) is 5.22. The summed E-state index contributed by atoms with van der Waals surface area (Å²) in [6, 6.07) is 3.79. The fourth-order valence-corrected chi connectivity index (χ4v) is 3.96. The van der Waals surface area contributed by atoms with E-state index in [1.807, 2.05) is 17.5 Å². The third-order valence-corrected chi connectivity index (χ3v) is 5.65. The molecule has 0 amide bonds. The first-order valence-electron chi connectivity index (χ1n) is 7.78. The summed E-state index contributed by atoms with van der Waals surface area (Å²) in [5.74, 6) is -0.184. The van der Waals surface area contributed by atoms with Crippen molar-refractivity contribution < 1.29 is 18.7 Å². The molecule has 9 heteroatoms. The van der Waals surface area contributed by atoms with Gasteiger partial charge in [-0.05, 0) is 37.8 Å². The van der Waals surface area contributed by atoms with E-state index in [-0.39, 0.29) is 5.78 Å². The maximum atomic E-state index is 12.8. The topological polar surface area (TPSA) is 98.1 Å². The highest BCUT2D eigenvalue weighted by molar-refractivity contribution is 8.00. The minimum atomic E-state index is -0.465. The molecule has 0 aliphatic rings. The molecule has 0 radical (unpaired) electrons. The second-order valence-electron chi connectivity index (χ2n) is 5.59. The van der Waals surface area contributed by atoms with Crippen molar-refractivity contribution in [2.45, 2.75) is 31.2 Å². The number of ketones is 1. The highest BCUT2D eigenvalue weighted by Crippen LogP contribution is 2.30. The maximum absolute atomic E-state index is 12.8. The summed E-state index contributed by atoms with van der Waals surface area (Å²) in [4.78, 5) is 28.5. The summed E-state index contributed by atoms with van der Waals surface area (Å²) in [7, 11) is 1.31. The Balaban J connectivity index is 1.77. The number of aromatic amines is 1. The maximum Gasteiger partial charge on any atom is 0.339 e. The smallest absolute Gasteiger partial charge is 0.339 e. The number of Topliss-reactive ketones (excluding diaryl/α,β-unsaturated/α-hetero) is 1. The van der Waals surface area contributed by atoms with Gasteiger partial charge in [0.05, 0.1) is 28.5 Å². The molecular formula is C17H17N3O4S2. The molecule has 3 aromatic heterocycles. The van der Waals surface area contributed by atoms with Crippen molar-refractivity contribution in [1.29, 1.82) is 0 Å². The van der Waals surface area contributed by atoms with Gasteiger partial charge in [0, 0.05) is 5.69 Å². The lowest BCUT2D eigenvalue weighted by molar-refractivity contribution is 0.0599. The number of hydrogen-bond acceptors (Lipinski definition) is 8. The molecule has 26 heavy (non-hydrogen) atoms. The second-order valence-corrected chi connectivity index (χ2v) is 7.83. The number of aromatic nitrogens is 3. The van der Waals surface area contributed by atoms with Crippen molar-refractivity contribution in [1.82, 2.24) is 15.2 Å². The number of rotatable bonds is 6. The molecule has 3 aromatic rings. The van der Waals surface area contributed by atoms with Gasteiger partial charge in [0.1, 0.15) is 0 Å². The molecular weight excluding hydrogens is 374 g/mol. The Labute approximate surface area is 158 Å². The predicted octanol–water partition coefficient (Wildman–Crippen LogP) is 3.89. The standard InChI is InChI=1S/C17H17N3O4S2/c1-8-12(16(22)23-4)9(2)18-13(8)14(21)10(3)26-17-20-19-15(24-17)11-6-5-7-25-11/h5-7,10,18H,1-4H3. The van der Waals surface area contributed by atoms with E-state index < -0.39 is 11.2 Å². The third-order valence-electron chi connectivity index (χ3n) is 3.86. The molecule has 0 aromatic carbocycles. The zero-order valence-corrected chi connectivity index (χ0v) is 16.3. The van der Waals surface area contributed by atoms with Crippen molar-refractivity contribution in [3.8, 4) is 10.8 Å². The molecule has 0 spiro atoms. The van der Waals surface area contributed by atoms with Crippen molar-refractivity contribution in [2.24, 2.45) is 0 Å². The molecule has 0 aliphatic heterocycles. The molecule has 0 fully saturated rings. The fraction of sp³-hybridized carbons (Fsp3) is 0.294. The minimum absolute atomic E-state index is 0.151. The van der Waals surface area contributed by atoms with Gasteiger partial charge in [-0.3, -0.25) is 4.79 Å². The molecule has 0 saturated heterocycles. The first-order chi connectivity index (χ1) is 12.4. The zero-order valence-electron chi connectivity index (χ0n) is 14.7. The first-order valence-corrected chi connectivity index (χ1v) is 9.54. The van der Waals surface area contributed by atoms with E-state index >= 15 is 0 Å². The van der Waals surface area contributed by atoms with Crippen LogP contribution < -0.4 is 0 Å². The van der Waals surface area contributed by atoms with Crippen molar-refractivity contribution >= 4 is 34.9 Å². The zero-order chi connectivity index (χ0) is 18.8. The van der Waals surface area contributed by atoms with Crippen molar-refractivity contribution in [3.05, 3.63) is 40.0 Å². The largest absolute Gasteiger partial charge is 0.465 e. The number of H-pyrrole nitrogens is 1. The number of aryl methyl sites for hydroxylation is 1. The van der Waals surface area contributed by atoms with E-state index in [0.29, 0.717) is 33.6 Å². The number of hydrogen-bond donors (Lipinski definition) is 1. The van der Waals surface area contributed by atoms with Gasteiger partial charge in [-0.15, -0.1) is 21.5 Å². The molecule has 1 unspecified atom stereocenters. The molecule has 3 heterocycles. The molecule has 3 rings (SSSR count). The van der Waals surface area contributed by atoms with E-state index in [4.69, 9.17) is 9.15 Å². The van der Waals surface area contributed by atoms with Gasteiger partial charge in [0.15, 0.2) is 5.78 Å². The minimum Gasteiger partial charge on any atom is -0.465 e. The number of nitrogens with zero attached hydrogens (tertiary/aromatic N) is 2. The van der Waals surface area contributed by atoms with Gasteiger partial charge < -0.3 is 14.1 Å². The quantitative estimate of drug-likeness (QED) is 0.387. The predicted molar refractivity (Wildman–Crippen MR) is 98.9 cm³/mol. The molecule has 1 N–H and O–H groups in total. The SMILES string of the molecule is COC(=O)c1c(C)[nH]c(C(=O)C(C)Sc2nnc(-c3cccs3)o2)c1C. The van der Waals surface area contributed by atoms with E-state index in [2.05, 4.69) is 15.2 Å². The third kappa shape index (κ3) is 3.45. The van der Waals surface area contributed by atoms with Crippen LogP contribution in [0.2, 0.25) is 0 Å². The number of carbonyl (C=O) groups is 2. The highest BCUT2D eigenvalue weighted by Gasteiger charge is 2.27. The van der Waals surface area contributed by atoms with E-state index in [1.54, 1.807) is 20.8 Å². The van der Waals surface area contributed by atoms with E-state index in [9.17, 15) is 9.59 Å². The molecule has 1 atom stereocenters. The van der Waals surface area contributed by atoms with E-state index in [0.717, 1.165) is 4.88 Å². The Morgan fingerprint density at radius 3 is 2.77 bits per heavy atom. The number of thioether (sulfide) groups is 1. The second kappa shape index (κ2) is 7.46. The van der Waals surface area contributed by atoms with Crippen LogP contribution in [0, 0.1) is 13.8 Å². The van der Waals surface area contributed by atoms with Crippen molar-refractivity contribution in [3.63, 3.8) is 0 Å². The van der Waals surface area contributed by atoms with Gasteiger partial charge in [-0.2, -0.15) is 0 Å². The normalized spacial score (nSPS) is 12.2. The van der Waals surface area contributed by atoms with Gasteiger partial charge in [-0.25, -0.2) is 4.79 Å². The molecule has 0 saturated carbocycles. The van der Waals surface area contributed by atoms with Crippen LogP contribution in [0.5, 0.6) is 0 Å². The summed E-state index contributed by atoms with van der Waals surface area (Å²) < 4.78 is 10.4. The Bertz CT molecular complexity index is 944. The molecule has 136 valence electrons. The van der Waals surface area contributed by atoms with Gasteiger partial charge in [0.25, 0.3) is 11.1 Å².